The monoisotopic (exact) mass is 271 g/mol. The molecule has 0 amide bonds. The summed E-state index contributed by atoms with van der Waals surface area (Å²) in [6, 6.07) is 1.45. The maximum Gasteiger partial charge on any atom is 0.166 e. The van der Waals surface area contributed by atoms with Gasteiger partial charge in [0.15, 0.2) is 11.6 Å². The average Bonchev–Trinajstić information content (AvgIpc) is 2.34. The van der Waals surface area contributed by atoms with Crippen molar-refractivity contribution < 1.29 is 4.39 Å². The number of likely N-dealkylation sites (tertiary alicyclic amines) is 1. The molecule has 3 nitrogen and oxygen atoms in total. The van der Waals surface area contributed by atoms with E-state index in [4.69, 9.17) is 11.6 Å². The van der Waals surface area contributed by atoms with E-state index in [-0.39, 0.29) is 11.9 Å². The van der Waals surface area contributed by atoms with Crippen molar-refractivity contribution in [3.63, 3.8) is 0 Å². The van der Waals surface area contributed by atoms with Crippen LogP contribution in [-0.4, -0.2) is 35.6 Å². The molecule has 1 N–H and O–H groups in total. The van der Waals surface area contributed by atoms with Crippen molar-refractivity contribution in [3.8, 4) is 0 Å². The molecule has 0 saturated carbocycles. The van der Waals surface area contributed by atoms with Gasteiger partial charge in [0.1, 0.15) is 0 Å². The van der Waals surface area contributed by atoms with Crippen LogP contribution >= 0.6 is 11.6 Å². The molecule has 2 heterocycles. The molecule has 100 valence electrons. The Labute approximate surface area is 112 Å². The molecule has 1 aliphatic heterocycles. The fourth-order valence-corrected chi connectivity index (χ4v) is 2.47. The van der Waals surface area contributed by atoms with Crippen LogP contribution in [-0.2, 0) is 0 Å². The van der Waals surface area contributed by atoms with Gasteiger partial charge >= 0.3 is 0 Å². The summed E-state index contributed by atoms with van der Waals surface area (Å²) in [7, 11) is 0. The third-order valence-electron chi connectivity index (χ3n) is 3.17. The van der Waals surface area contributed by atoms with E-state index in [1.54, 1.807) is 0 Å². The van der Waals surface area contributed by atoms with Gasteiger partial charge in [-0.25, -0.2) is 9.37 Å². The van der Waals surface area contributed by atoms with Crippen LogP contribution in [0.2, 0.25) is 5.02 Å². The van der Waals surface area contributed by atoms with E-state index in [0.717, 1.165) is 19.6 Å². The lowest BCUT2D eigenvalue weighted by molar-refractivity contribution is 0.223. The standard InChI is InChI=1S/C13H19ClFN3/c1-10(9-18-5-3-2-4-6-18)17-13-12(15)7-11(14)8-16-13/h7-8,10H,2-6,9H2,1H3,(H,16,17). The summed E-state index contributed by atoms with van der Waals surface area (Å²) >= 11 is 5.67. The Bertz CT molecular complexity index is 394. The molecule has 1 aromatic heterocycles. The zero-order valence-corrected chi connectivity index (χ0v) is 11.4. The number of anilines is 1. The summed E-state index contributed by atoms with van der Waals surface area (Å²) < 4.78 is 13.6. The largest absolute Gasteiger partial charge is 0.364 e. The van der Waals surface area contributed by atoms with E-state index in [0.29, 0.717) is 5.02 Å². The van der Waals surface area contributed by atoms with Crippen molar-refractivity contribution in [1.29, 1.82) is 0 Å². The van der Waals surface area contributed by atoms with Crippen molar-refractivity contribution in [3.05, 3.63) is 23.1 Å². The lowest BCUT2D eigenvalue weighted by Gasteiger charge is -2.29. The van der Waals surface area contributed by atoms with Crippen LogP contribution in [0.1, 0.15) is 26.2 Å². The number of halogens is 2. The highest BCUT2D eigenvalue weighted by molar-refractivity contribution is 6.30. The quantitative estimate of drug-likeness (QED) is 0.912. The molecule has 1 aromatic rings. The topological polar surface area (TPSA) is 28.2 Å². The number of piperidine rings is 1. The van der Waals surface area contributed by atoms with Crippen LogP contribution < -0.4 is 5.32 Å². The molecular weight excluding hydrogens is 253 g/mol. The van der Waals surface area contributed by atoms with E-state index >= 15 is 0 Å². The van der Waals surface area contributed by atoms with Crippen LogP contribution in [0, 0.1) is 5.82 Å². The minimum atomic E-state index is -0.395. The van der Waals surface area contributed by atoms with Crippen LogP contribution in [0.25, 0.3) is 0 Å². The van der Waals surface area contributed by atoms with Gasteiger partial charge in [0, 0.05) is 18.8 Å². The normalized spacial score (nSPS) is 18.6. The lowest BCUT2D eigenvalue weighted by atomic mass is 10.1. The number of rotatable bonds is 4. The molecule has 0 radical (unpaired) electrons. The van der Waals surface area contributed by atoms with Crippen molar-refractivity contribution in [2.24, 2.45) is 0 Å². The highest BCUT2D eigenvalue weighted by Crippen LogP contribution is 2.17. The van der Waals surface area contributed by atoms with Gasteiger partial charge in [0.25, 0.3) is 0 Å². The molecule has 1 saturated heterocycles. The van der Waals surface area contributed by atoms with Gasteiger partial charge < -0.3 is 10.2 Å². The Morgan fingerprint density at radius 3 is 2.83 bits per heavy atom. The first kappa shape index (κ1) is 13.6. The number of hydrogen-bond donors (Lipinski definition) is 1. The molecule has 1 fully saturated rings. The summed E-state index contributed by atoms with van der Waals surface area (Å²) in [5.41, 5.74) is 0. The molecule has 1 aliphatic rings. The van der Waals surface area contributed by atoms with E-state index in [1.165, 1.54) is 31.5 Å². The van der Waals surface area contributed by atoms with Gasteiger partial charge in [-0.15, -0.1) is 0 Å². The van der Waals surface area contributed by atoms with E-state index in [2.05, 4.69) is 15.2 Å². The van der Waals surface area contributed by atoms with Gasteiger partial charge in [-0.2, -0.15) is 0 Å². The maximum absolute atomic E-state index is 13.6. The number of hydrogen-bond acceptors (Lipinski definition) is 3. The second-order valence-corrected chi connectivity index (χ2v) is 5.33. The Kier molecular flexibility index (Phi) is 4.78. The summed E-state index contributed by atoms with van der Waals surface area (Å²) in [5.74, 6) is -0.114. The molecule has 0 aromatic carbocycles. The fourth-order valence-electron chi connectivity index (χ4n) is 2.33. The second-order valence-electron chi connectivity index (χ2n) is 4.89. The molecular formula is C13H19ClFN3. The Hall–Kier alpha value is -0.870. The number of aromatic nitrogens is 1. The zero-order valence-electron chi connectivity index (χ0n) is 10.6. The lowest BCUT2D eigenvalue weighted by Crippen LogP contribution is -2.38. The molecule has 1 atom stereocenters. The Morgan fingerprint density at radius 2 is 2.17 bits per heavy atom. The maximum atomic E-state index is 13.6. The summed E-state index contributed by atoms with van der Waals surface area (Å²) in [4.78, 5) is 6.39. The second kappa shape index (κ2) is 6.34. The smallest absolute Gasteiger partial charge is 0.166 e. The van der Waals surface area contributed by atoms with E-state index < -0.39 is 5.82 Å². The molecule has 0 aliphatic carbocycles. The molecule has 18 heavy (non-hydrogen) atoms. The van der Waals surface area contributed by atoms with Crippen molar-refractivity contribution in [1.82, 2.24) is 9.88 Å². The first-order chi connectivity index (χ1) is 8.65. The number of nitrogens with one attached hydrogen (secondary N) is 1. The Morgan fingerprint density at radius 1 is 1.44 bits per heavy atom. The number of pyridine rings is 1. The van der Waals surface area contributed by atoms with Crippen LogP contribution in [0.5, 0.6) is 0 Å². The first-order valence-electron chi connectivity index (χ1n) is 6.45. The van der Waals surface area contributed by atoms with Crippen molar-refractivity contribution >= 4 is 17.4 Å². The summed E-state index contributed by atoms with van der Waals surface area (Å²) in [6.45, 7) is 5.25. The average molecular weight is 272 g/mol. The van der Waals surface area contributed by atoms with Gasteiger partial charge in [0.05, 0.1) is 5.02 Å². The molecule has 5 heteroatoms. The van der Waals surface area contributed by atoms with E-state index in [1.807, 2.05) is 6.92 Å². The minimum Gasteiger partial charge on any atom is -0.364 e. The van der Waals surface area contributed by atoms with Gasteiger partial charge in [-0.3, -0.25) is 0 Å². The predicted molar refractivity (Wildman–Crippen MR) is 72.6 cm³/mol. The summed E-state index contributed by atoms with van der Waals surface area (Å²) in [5, 5.41) is 3.42. The molecule has 0 spiro atoms. The summed E-state index contributed by atoms with van der Waals surface area (Å²) in [6.07, 6.45) is 5.31. The van der Waals surface area contributed by atoms with Gasteiger partial charge in [-0.1, -0.05) is 18.0 Å². The van der Waals surface area contributed by atoms with Crippen molar-refractivity contribution in [2.75, 3.05) is 25.0 Å². The van der Waals surface area contributed by atoms with E-state index in [9.17, 15) is 4.39 Å². The minimum absolute atomic E-state index is 0.172. The van der Waals surface area contributed by atoms with Crippen LogP contribution in [0.3, 0.4) is 0 Å². The molecule has 0 bridgehead atoms. The third kappa shape index (κ3) is 3.82. The van der Waals surface area contributed by atoms with Gasteiger partial charge in [0.2, 0.25) is 0 Å². The third-order valence-corrected chi connectivity index (χ3v) is 3.38. The van der Waals surface area contributed by atoms with Crippen LogP contribution in [0.4, 0.5) is 10.2 Å². The zero-order chi connectivity index (χ0) is 13.0. The highest BCUT2D eigenvalue weighted by Gasteiger charge is 2.14. The fraction of sp³-hybridized carbons (Fsp3) is 0.615. The van der Waals surface area contributed by atoms with Crippen LogP contribution in [0.15, 0.2) is 12.3 Å². The van der Waals surface area contributed by atoms with Gasteiger partial charge in [-0.05, 0) is 38.9 Å². The van der Waals surface area contributed by atoms with Crippen molar-refractivity contribution in [2.45, 2.75) is 32.2 Å². The Balaban J connectivity index is 1.87. The molecule has 2 rings (SSSR count). The number of nitrogens with zero attached hydrogens (tertiary/aromatic N) is 2. The molecule has 1 unspecified atom stereocenters. The highest BCUT2D eigenvalue weighted by atomic mass is 35.5. The first-order valence-corrected chi connectivity index (χ1v) is 6.83. The predicted octanol–water partition coefficient (Wildman–Crippen LogP) is 3.16. The SMILES string of the molecule is CC(CN1CCCCC1)Nc1ncc(Cl)cc1F.